The van der Waals surface area contributed by atoms with E-state index in [0.717, 1.165) is 36.7 Å². The minimum atomic E-state index is 0.0213. The molecule has 1 atom stereocenters. The molecule has 276 valence electrons. The van der Waals surface area contributed by atoms with Gasteiger partial charge in [0.05, 0.1) is 34.1 Å². The molecule has 3 nitrogen and oxygen atoms in total. The second kappa shape index (κ2) is 35.9. The Kier molecular flexibility index (Phi) is 34.9. The van der Waals surface area contributed by atoms with Gasteiger partial charge in [-0.3, -0.25) is 4.79 Å². The summed E-state index contributed by atoms with van der Waals surface area (Å²) in [5, 5.41) is 0. The van der Waals surface area contributed by atoms with Crippen molar-refractivity contribution < 1.29 is 14.0 Å². The molecule has 0 amide bonds. The Morgan fingerprint density at radius 1 is 0.489 bits per heavy atom. The molecular formula is C44H84NO2+. The number of allylic oxidation sites excluding steroid dienone is 6. The first-order valence-electron chi connectivity index (χ1n) is 20.8. The van der Waals surface area contributed by atoms with E-state index >= 15 is 0 Å². The lowest BCUT2D eigenvalue weighted by molar-refractivity contribution is -0.870. The van der Waals surface area contributed by atoms with Crippen LogP contribution in [0.1, 0.15) is 206 Å². The van der Waals surface area contributed by atoms with E-state index in [-0.39, 0.29) is 12.1 Å². The fraction of sp³-hybridized carbons (Fsp3) is 0.841. The fourth-order valence-corrected chi connectivity index (χ4v) is 6.18. The van der Waals surface area contributed by atoms with Gasteiger partial charge < -0.3 is 9.22 Å². The summed E-state index contributed by atoms with van der Waals surface area (Å²) >= 11 is 0. The zero-order valence-electron chi connectivity index (χ0n) is 32.7. The summed E-state index contributed by atoms with van der Waals surface area (Å²) in [4.78, 5) is 12.6. The highest BCUT2D eigenvalue weighted by Gasteiger charge is 2.16. The molecule has 0 spiro atoms. The van der Waals surface area contributed by atoms with Crippen LogP contribution in [0, 0.1) is 0 Å². The van der Waals surface area contributed by atoms with Crippen LogP contribution >= 0.6 is 0 Å². The third kappa shape index (κ3) is 39.0. The lowest BCUT2D eigenvalue weighted by Crippen LogP contribution is -2.35. The lowest BCUT2D eigenvalue weighted by atomic mass is 10.0. The van der Waals surface area contributed by atoms with E-state index in [1.165, 1.54) is 161 Å². The van der Waals surface area contributed by atoms with Crippen molar-refractivity contribution in [1.82, 2.24) is 0 Å². The maximum absolute atomic E-state index is 12.6. The lowest BCUT2D eigenvalue weighted by Gasteiger charge is -2.24. The topological polar surface area (TPSA) is 26.3 Å². The van der Waals surface area contributed by atoms with Gasteiger partial charge in [-0.15, -0.1) is 0 Å². The molecule has 0 aromatic rings. The van der Waals surface area contributed by atoms with Crippen LogP contribution in [0.2, 0.25) is 0 Å². The van der Waals surface area contributed by atoms with E-state index in [2.05, 4.69) is 71.4 Å². The summed E-state index contributed by atoms with van der Waals surface area (Å²) in [6.45, 7) is 5.56. The highest BCUT2D eigenvalue weighted by atomic mass is 16.5. The van der Waals surface area contributed by atoms with E-state index in [0.29, 0.717) is 6.42 Å². The highest BCUT2D eigenvalue weighted by Crippen LogP contribution is 2.18. The van der Waals surface area contributed by atoms with E-state index < -0.39 is 0 Å². The van der Waals surface area contributed by atoms with Crippen LogP contribution in [0.4, 0.5) is 0 Å². The van der Waals surface area contributed by atoms with Crippen molar-refractivity contribution in [3.05, 3.63) is 36.5 Å². The van der Waals surface area contributed by atoms with Crippen LogP contribution in [0.3, 0.4) is 0 Å². The molecule has 0 aromatic heterocycles. The summed E-state index contributed by atoms with van der Waals surface area (Å²) in [6, 6.07) is 0. The molecule has 0 heterocycles. The van der Waals surface area contributed by atoms with Gasteiger partial charge in [0.1, 0.15) is 6.10 Å². The van der Waals surface area contributed by atoms with Gasteiger partial charge in [0.15, 0.2) is 0 Å². The van der Waals surface area contributed by atoms with Crippen LogP contribution in [0.15, 0.2) is 36.5 Å². The fourth-order valence-electron chi connectivity index (χ4n) is 6.18. The van der Waals surface area contributed by atoms with Crippen LogP contribution in [-0.2, 0) is 9.53 Å². The van der Waals surface area contributed by atoms with Crippen LogP contribution in [0.25, 0.3) is 0 Å². The number of quaternary nitrogens is 1. The monoisotopic (exact) mass is 659 g/mol. The van der Waals surface area contributed by atoms with Crippen molar-refractivity contribution in [3.63, 3.8) is 0 Å². The number of ether oxygens (including phenoxy) is 1. The van der Waals surface area contributed by atoms with Crippen molar-refractivity contribution >= 4 is 5.97 Å². The van der Waals surface area contributed by atoms with Gasteiger partial charge >= 0.3 is 5.97 Å². The average Bonchev–Trinajstić information content (AvgIpc) is 3.03. The number of carbonyl (C=O) groups is 1. The number of hydrogen-bond donors (Lipinski definition) is 0. The molecule has 0 saturated carbocycles. The zero-order valence-corrected chi connectivity index (χ0v) is 32.7. The summed E-state index contributed by atoms with van der Waals surface area (Å²) in [6.07, 6.45) is 51.8. The molecule has 0 rings (SSSR count). The second-order valence-corrected chi connectivity index (χ2v) is 15.3. The van der Waals surface area contributed by atoms with Gasteiger partial charge in [-0.25, -0.2) is 0 Å². The predicted octanol–water partition coefficient (Wildman–Crippen LogP) is 14.0. The number of nitrogens with zero attached hydrogens (tertiary/aromatic N) is 1. The van der Waals surface area contributed by atoms with Crippen molar-refractivity contribution in [2.24, 2.45) is 0 Å². The summed E-state index contributed by atoms with van der Waals surface area (Å²) in [5.41, 5.74) is 0. The standard InChI is InChI=1S/C44H84NO2/c1-6-8-10-12-14-16-18-20-22-24-26-28-30-32-34-36-39-43(47-44(46)41-38-42-45(3,4)5)40-37-35-33-31-29-27-25-23-21-19-17-15-13-11-9-7-2/h14,16,20-23,43H,6-13,15,17-19,24-42H2,1-5H3/q+1. The molecule has 0 fully saturated rings. The van der Waals surface area contributed by atoms with Crippen molar-refractivity contribution in [3.8, 4) is 0 Å². The smallest absolute Gasteiger partial charge is 0.306 e. The Bertz CT molecular complexity index is 732. The van der Waals surface area contributed by atoms with Gasteiger partial charge in [-0.2, -0.15) is 0 Å². The summed E-state index contributed by atoms with van der Waals surface area (Å²) in [7, 11) is 6.56. The minimum absolute atomic E-state index is 0.0213. The normalized spacial score (nSPS) is 13.0. The summed E-state index contributed by atoms with van der Waals surface area (Å²) < 4.78 is 6.95. The van der Waals surface area contributed by atoms with Gasteiger partial charge in [-0.05, 0) is 83.5 Å². The van der Waals surface area contributed by atoms with Gasteiger partial charge in [-0.1, -0.05) is 147 Å². The van der Waals surface area contributed by atoms with E-state index in [1.54, 1.807) is 0 Å². The van der Waals surface area contributed by atoms with Gasteiger partial charge in [0.2, 0.25) is 0 Å². The molecule has 0 radical (unpaired) electrons. The molecule has 47 heavy (non-hydrogen) atoms. The third-order valence-electron chi connectivity index (χ3n) is 9.27. The molecular weight excluding hydrogens is 574 g/mol. The minimum Gasteiger partial charge on any atom is -0.462 e. The quantitative estimate of drug-likeness (QED) is 0.0290. The largest absolute Gasteiger partial charge is 0.462 e. The van der Waals surface area contributed by atoms with Gasteiger partial charge in [0.25, 0.3) is 0 Å². The van der Waals surface area contributed by atoms with Crippen LogP contribution < -0.4 is 0 Å². The molecule has 0 bridgehead atoms. The Morgan fingerprint density at radius 2 is 0.851 bits per heavy atom. The third-order valence-corrected chi connectivity index (χ3v) is 9.27. The Balaban J connectivity index is 4.05. The Hall–Kier alpha value is -1.35. The highest BCUT2D eigenvalue weighted by molar-refractivity contribution is 5.69. The summed E-state index contributed by atoms with van der Waals surface area (Å²) in [5.74, 6) is 0.0213. The van der Waals surface area contributed by atoms with E-state index in [1.807, 2.05) is 0 Å². The Labute approximate surface area is 296 Å². The number of unbranched alkanes of at least 4 members (excludes halogenated alkanes) is 21. The number of esters is 1. The van der Waals surface area contributed by atoms with Crippen molar-refractivity contribution in [1.29, 1.82) is 0 Å². The van der Waals surface area contributed by atoms with Crippen LogP contribution in [-0.4, -0.2) is 44.2 Å². The first kappa shape index (κ1) is 45.6. The molecule has 0 aromatic carbocycles. The molecule has 0 aliphatic rings. The SMILES string of the molecule is CCCCCC=CCC=CCCCCCCCCC(CCCCCCCCC=CCCCCCCCC)OC(=O)CCC[N+](C)(C)C. The average molecular weight is 659 g/mol. The van der Waals surface area contributed by atoms with Crippen molar-refractivity contribution in [2.75, 3.05) is 27.7 Å². The predicted molar refractivity (Wildman–Crippen MR) is 210 cm³/mol. The Morgan fingerprint density at radius 3 is 1.30 bits per heavy atom. The van der Waals surface area contributed by atoms with E-state index in [4.69, 9.17) is 4.74 Å². The molecule has 0 aliphatic heterocycles. The molecule has 0 aliphatic carbocycles. The maximum Gasteiger partial charge on any atom is 0.306 e. The van der Waals surface area contributed by atoms with Gasteiger partial charge in [0, 0.05) is 6.42 Å². The first-order chi connectivity index (χ1) is 22.9. The van der Waals surface area contributed by atoms with Crippen molar-refractivity contribution in [2.45, 2.75) is 213 Å². The van der Waals surface area contributed by atoms with E-state index in [9.17, 15) is 4.79 Å². The first-order valence-corrected chi connectivity index (χ1v) is 20.8. The second-order valence-electron chi connectivity index (χ2n) is 15.3. The molecule has 1 unspecified atom stereocenters. The number of carbonyl (C=O) groups excluding carboxylic acids is 1. The number of hydrogen-bond acceptors (Lipinski definition) is 2. The number of rotatable bonds is 36. The molecule has 3 heteroatoms. The molecule has 0 N–H and O–H groups in total. The molecule has 0 saturated heterocycles. The van der Waals surface area contributed by atoms with Crippen LogP contribution in [0.5, 0.6) is 0 Å². The maximum atomic E-state index is 12.6. The zero-order chi connectivity index (χ0) is 34.5.